The molecule has 1 amide bonds. The van der Waals surface area contributed by atoms with E-state index in [0.29, 0.717) is 29.7 Å². The van der Waals surface area contributed by atoms with Crippen LogP contribution in [0.1, 0.15) is 57.8 Å². The predicted molar refractivity (Wildman–Crippen MR) is 81.6 cm³/mol. The van der Waals surface area contributed by atoms with Crippen molar-refractivity contribution in [3.63, 3.8) is 0 Å². The van der Waals surface area contributed by atoms with E-state index < -0.39 is 0 Å². The van der Waals surface area contributed by atoms with Gasteiger partial charge in [0.15, 0.2) is 0 Å². The second kappa shape index (κ2) is 5.57. The Bertz CT molecular complexity index is 376. The van der Waals surface area contributed by atoms with Crippen molar-refractivity contribution >= 4 is 5.91 Å². The fourth-order valence-corrected chi connectivity index (χ4v) is 5.93. The topological polar surface area (TPSA) is 40.5 Å². The standard InChI is InChI=1S/C18H29NO2/c20-6-2-5-19(16-3-1-4-16)18(21)17-14-8-12-7-13(10-14)11-15(17)9-12/h12-17,20H,1-11H2. The lowest BCUT2D eigenvalue weighted by Crippen LogP contribution is -2.55. The minimum atomic E-state index is 0.207. The van der Waals surface area contributed by atoms with E-state index >= 15 is 0 Å². The van der Waals surface area contributed by atoms with E-state index in [1.807, 2.05) is 0 Å². The first-order valence-corrected chi connectivity index (χ1v) is 9.17. The van der Waals surface area contributed by atoms with Crippen molar-refractivity contribution in [2.45, 2.75) is 63.8 Å². The highest BCUT2D eigenvalue weighted by atomic mass is 16.3. The zero-order valence-corrected chi connectivity index (χ0v) is 13.0. The van der Waals surface area contributed by atoms with Crippen LogP contribution in [0.15, 0.2) is 0 Å². The third-order valence-corrected chi connectivity index (χ3v) is 6.87. The first-order chi connectivity index (χ1) is 10.3. The molecule has 0 spiro atoms. The van der Waals surface area contributed by atoms with E-state index in [0.717, 1.165) is 24.8 Å². The van der Waals surface area contributed by atoms with Crippen LogP contribution in [-0.2, 0) is 4.79 Å². The van der Waals surface area contributed by atoms with Crippen molar-refractivity contribution in [1.29, 1.82) is 0 Å². The maximum Gasteiger partial charge on any atom is 0.226 e. The van der Waals surface area contributed by atoms with Crippen molar-refractivity contribution in [2.75, 3.05) is 13.2 Å². The third-order valence-electron chi connectivity index (χ3n) is 6.87. The summed E-state index contributed by atoms with van der Waals surface area (Å²) in [5.74, 6) is 4.03. The lowest BCUT2D eigenvalue weighted by atomic mass is 9.51. The molecule has 3 heteroatoms. The average molecular weight is 291 g/mol. The molecule has 118 valence electrons. The molecule has 21 heavy (non-hydrogen) atoms. The van der Waals surface area contributed by atoms with Crippen molar-refractivity contribution in [3.8, 4) is 0 Å². The molecule has 0 heterocycles. The molecule has 0 atom stereocenters. The summed E-state index contributed by atoms with van der Waals surface area (Å²) < 4.78 is 0. The molecule has 4 bridgehead atoms. The molecule has 0 aromatic carbocycles. The summed E-state index contributed by atoms with van der Waals surface area (Å²) in [6.07, 6.45) is 11.1. The number of carbonyl (C=O) groups excluding carboxylic acids is 1. The summed E-state index contributed by atoms with van der Waals surface area (Å²) in [5.41, 5.74) is 0. The van der Waals surface area contributed by atoms with Crippen molar-refractivity contribution in [1.82, 2.24) is 4.90 Å². The van der Waals surface area contributed by atoms with Gasteiger partial charge in [0.2, 0.25) is 5.91 Å². The molecule has 5 fully saturated rings. The lowest BCUT2D eigenvalue weighted by molar-refractivity contribution is -0.153. The molecule has 1 N–H and O–H groups in total. The summed E-state index contributed by atoms with van der Waals surface area (Å²) >= 11 is 0. The van der Waals surface area contributed by atoms with Gasteiger partial charge in [0.25, 0.3) is 0 Å². The van der Waals surface area contributed by atoms with Crippen LogP contribution in [0.2, 0.25) is 0 Å². The van der Waals surface area contributed by atoms with Gasteiger partial charge in [-0.3, -0.25) is 4.79 Å². The van der Waals surface area contributed by atoms with Gasteiger partial charge in [0, 0.05) is 25.1 Å². The Kier molecular flexibility index (Phi) is 3.72. The summed E-state index contributed by atoms with van der Waals surface area (Å²) in [4.78, 5) is 15.4. The van der Waals surface area contributed by atoms with Crippen molar-refractivity contribution < 1.29 is 9.90 Å². The Morgan fingerprint density at radius 1 is 1.00 bits per heavy atom. The minimum Gasteiger partial charge on any atom is -0.396 e. The van der Waals surface area contributed by atoms with Gasteiger partial charge in [-0.1, -0.05) is 0 Å². The molecule has 0 unspecified atom stereocenters. The van der Waals surface area contributed by atoms with E-state index in [-0.39, 0.29) is 6.61 Å². The first kappa shape index (κ1) is 14.0. The molecule has 0 radical (unpaired) electrons. The average Bonchev–Trinajstić information content (AvgIpc) is 2.39. The maximum absolute atomic E-state index is 13.2. The normalized spacial score (nSPS) is 41.1. The van der Waals surface area contributed by atoms with E-state index in [1.165, 1.54) is 51.4 Å². The third kappa shape index (κ3) is 2.42. The summed E-state index contributed by atoms with van der Waals surface area (Å²) in [6, 6.07) is 0.487. The largest absolute Gasteiger partial charge is 0.396 e. The highest BCUT2D eigenvalue weighted by Gasteiger charge is 2.52. The van der Waals surface area contributed by atoms with E-state index in [1.54, 1.807) is 0 Å². The molecule has 0 aliphatic heterocycles. The molecule has 5 saturated carbocycles. The summed E-state index contributed by atoms with van der Waals surface area (Å²) in [7, 11) is 0. The molecule has 0 aromatic rings. The van der Waals surface area contributed by atoms with E-state index in [2.05, 4.69) is 4.90 Å². The van der Waals surface area contributed by atoms with E-state index in [9.17, 15) is 4.79 Å². The SMILES string of the molecule is O=C(C1C2CC3CC(C2)CC1C3)N(CCCO)C1CCC1. The van der Waals surface area contributed by atoms with E-state index in [4.69, 9.17) is 5.11 Å². The monoisotopic (exact) mass is 291 g/mol. The van der Waals surface area contributed by atoms with Crippen LogP contribution >= 0.6 is 0 Å². The van der Waals surface area contributed by atoms with Gasteiger partial charge >= 0.3 is 0 Å². The zero-order valence-electron chi connectivity index (χ0n) is 13.0. The number of aliphatic hydroxyl groups is 1. The fraction of sp³-hybridized carbons (Fsp3) is 0.944. The van der Waals surface area contributed by atoms with Crippen LogP contribution in [0.3, 0.4) is 0 Å². The van der Waals surface area contributed by atoms with Crippen LogP contribution in [0, 0.1) is 29.6 Å². The van der Waals surface area contributed by atoms with Crippen LogP contribution in [0.4, 0.5) is 0 Å². The molecular weight excluding hydrogens is 262 g/mol. The predicted octanol–water partition coefficient (Wildman–Crippen LogP) is 2.82. The number of carbonyl (C=O) groups is 1. The maximum atomic E-state index is 13.2. The van der Waals surface area contributed by atoms with Crippen LogP contribution in [0.5, 0.6) is 0 Å². The number of rotatable bonds is 5. The van der Waals surface area contributed by atoms with Gasteiger partial charge in [-0.05, 0) is 81.5 Å². The highest BCUT2D eigenvalue weighted by molar-refractivity contribution is 5.80. The minimum absolute atomic E-state index is 0.207. The lowest BCUT2D eigenvalue weighted by Gasteiger charge is -2.55. The van der Waals surface area contributed by atoms with Crippen LogP contribution < -0.4 is 0 Å². The van der Waals surface area contributed by atoms with Gasteiger partial charge < -0.3 is 10.0 Å². The molecule has 0 saturated heterocycles. The Morgan fingerprint density at radius 3 is 2.10 bits per heavy atom. The second-order valence-electron chi connectivity index (χ2n) is 8.15. The summed E-state index contributed by atoms with van der Waals surface area (Å²) in [5, 5.41) is 9.14. The number of hydrogen-bond acceptors (Lipinski definition) is 2. The van der Waals surface area contributed by atoms with Crippen molar-refractivity contribution in [3.05, 3.63) is 0 Å². The number of amides is 1. The molecule has 5 aliphatic carbocycles. The number of hydrogen-bond donors (Lipinski definition) is 1. The quantitative estimate of drug-likeness (QED) is 0.846. The molecule has 3 nitrogen and oxygen atoms in total. The van der Waals surface area contributed by atoms with Gasteiger partial charge in [0.1, 0.15) is 0 Å². The Hall–Kier alpha value is -0.570. The molecule has 0 aromatic heterocycles. The zero-order chi connectivity index (χ0) is 14.4. The van der Waals surface area contributed by atoms with Gasteiger partial charge in [-0.15, -0.1) is 0 Å². The second-order valence-corrected chi connectivity index (χ2v) is 8.15. The molecule has 5 rings (SSSR count). The number of aliphatic hydroxyl groups excluding tert-OH is 1. The van der Waals surface area contributed by atoms with Crippen molar-refractivity contribution in [2.24, 2.45) is 29.6 Å². The first-order valence-electron chi connectivity index (χ1n) is 9.17. The molecular formula is C18H29NO2. The molecule has 5 aliphatic rings. The Balaban J connectivity index is 1.49. The van der Waals surface area contributed by atoms with Crippen LogP contribution in [-0.4, -0.2) is 35.1 Å². The van der Waals surface area contributed by atoms with Gasteiger partial charge in [-0.25, -0.2) is 0 Å². The number of nitrogens with zero attached hydrogens (tertiary/aromatic N) is 1. The van der Waals surface area contributed by atoms with Gasteiger partial charge in [0.05, 0.1) is 0 Å². The highest BCUT2D eigenvalue weighted by Crippen LogP contribution is 2.57. The Labute approximate surface area is 128 Å². The Morgan fingerprint density at radius 2 is 1.62 bits per heavy atom. The smallest absolute Gasteiger partial charge is 0.226 e. The summed E-state index contributed by atoms with van der Waals surface area (Å²) in [6.45, 7) is 0.987. The van der Waals surface area contributed by atoms with Crippen LogP contribution in [0.25, 0.3) is 0 Å². The fourth-order valence-electron chi connectivity index (χ4n) is 5.93. The van der Waals surface area contributed by atoms with Gasteiger partial charge in [-0.2, -0.15) is 0 Å².